The Morgan fingerprint density at radius 1 is 1.13 bits per heavy atom. The van der Waals surface area contributed by atoms with Crippen LogP contribution in [0, 0.1) is 0 Å². The van der Waals surface area contributed by atoms with Crippen molar-refractivity contribution in [2.24, 2.45) is 4.99 Å². The van der Waals surface area contributed by atoms with E-state index in [4.69, 9.17) is 21.3 Å². The van der Waals surface area contributed by atoms with E-state index in [1.165, 1.54) is 17.3 Å². The topological polar surface area (TPSA) is 45.1 Å². The molecule has 0 bridgehead atoms. The number of thioether (sulfide) groups is 1. The first kappa shape index (κ1) is 26.4. The molecule has 1 amide bonds. The molecule has 38 heavy (non-hydrogen) atoms. The predicted octanol–water partition coefficient (Wildman–Crippen LogP) is 7.87. The van der Waals surface area contributed by atoms with Crippen LogP contribution in [-0.2, 0) is 11.3 Å². The average molecular weight is 546 g/mol. The maximum Gasteiger partial charge on any atom is 0.267 e. The van der Waals surface area contributed by atoms with Crippen LogP contribution in [0.2, 0.25) is 5.02 Å². The number of aliphatic imine (C=N–C) groups is 1. The molecule has 2 aliphatic heterocycles. The molecule has 3 aromatic carbocycles. The molecule has 2 aliphatic rings. The molecule has 0 N–H and O–H groups in total. The maximum absolute atomic E-state index is 13.7. The maximum atomic E-state index is 13.7. The van der Waals surface area contributed by atoms with E-state index in [-0.39, 0.29) is 11.4 Å². The van der Waals surface area contributed by atoms with Crippen molar-refractivity contribution >= 4 is 51.9 Å². The highest BCUT2D eigenvalue weighted by atomic mass is 35.5. The van der Waals surface area contributed by atoms with Gasteiger partial charge in [-0.25, -0.2) is 4.99 Å². The van der Waals surface area contributed by atoms with Crippen molar-refractivity contribution in [1.29, 1.82) is 0 Å². The van der Waals surface area contributed by atoms with Crippen molar-refractivity contribution < 1.29 is 9.53 Å². The fourth-order valence-corrected chi connectivity index (χ4v) is 6.31. The monoisotopic (exact) mass is 545 g/mol. The number of fused-ring (bicyclic) bond motifs is 1. The van der Waals surface area contributed by atoms with Crippen LogP contribution in [0.5, 0.6) is 5.75 Å². The van der Waals surface area contributed by atoms with Crippen molar-refractivity contribution in [1.82, 2.24) is 4.90 Å². The van der Waals surface area contributed by atoms with Crippen LogP contribution in [0.4, 0.5) is 11.4 Å². The largest absolute Gasteiger partial charge is 0.497 e. The van der Waals surface area contributed by atoms with Crippen molar-refractivity contribution in [3.05, 3.63) is 93.3 Å². The lowest BCUT2D eigenvalue weighted by Gasteiger charge is -2.45. The van der Waals surface area contributed by atoms with Crippen LogP contribution in [0.25, 0.3) is 6.08 Å². The van der Waals surface area contributed by atoms with Gasteiger partial charge in [0.15, 0.2) is 5.17 Å². The molecule has 5 rings (SSSR count). The summed E-state index contributed by atoms with van der Waals surface area (Å²) in [5, 5.41) is 1.28. The van der Waals surface area contributed by atoms with Crippen molar-refractivity contribution in [3.8, 4) is 5.75 Å². The van der Waals surface area contributed by atoms with Gasteiger partial charge in [-0.2, -0.15) is 0 Å². The van der Waals surface area contributed by atoms with Crippen LogP contribution >= 0.6 is 23.4 Å². The summed E-state index contributed by atoms with van der Waals surface area (Å²) in [5.41, 5.74) is 5.11. The van der Waals surface area contributed by atoms with Gasteiger partial charge >= 0.3 is 0 Å². The van der Waals surface area contributed by atoms with Gasteiger partial charge in [-0.3, -0.25) is 9.69 Å². The number of para-hydroxylation sites is 1. The number of ether oxygens (including phenoxy) is 1. The number of amidine groups is 1. The second-order valence-corrected chi connectivity index (χ2v) is 11.9. The number of carbonyl (C=O) groups is 1. The van der Waals surface area contributed by atoms with Gasteiger partial charge in [0.2, 0.25) is 0 Å². The van der Waals surface area contributed by atoms with Gasteiger partial charge in [-0.05, 0) is 97.1 Å². The highest BCUT2D eigenvalue weighted by Gasteiger charge is 2.36. The lowest BCUT2D eigenvalue weighted by molar-refractivity contribution is -0.122. The molecular weight excluding hydrogens is 514 g/mol. The highest BCUT2D eigenvalue weighted by Crippen LogP contribution is 2.45. The summed E-state index contributed by atoms with van der Waals surface area (Å²) in [5.74, 6) is 1.08. The van der Waals surface area contributed by atoms with Crippen LogP contribution in [0.3, 0.4) is 0 Å². The van der Waals surface area contributed by atoms with Gasteiger partial charge in [0, 0.05) is 23.3 Å². The minimum atomic E-state index is -0.0828. The Balaban J connectivity index is 1.51. The van der Waals surface area contributed by atoms with Gasteiger partial charge in [0.1, 0.15) is 5.75 Å². The number of benzene rings is 3. The molecule has 0 aliphatic carbocycles. The van der Waals surface area contributed by atoms with Gasteiger partial charge in [-0.1, -0.05) is 48.9 Å². The highest BCUT2D eigenvalue weighted by molar-refractivity contribution is 8.18. The quantitative estimate of drug-likeness (QED) is 0.306. The Morgan fingerprint density at radius 2 is 1.84 bits per heavy atom. The van der Waals surface area contributed by atoms with E-state index in [2.05, 4.69) is 38.8 Å². The number of amides is 1. The molecule has 1 saturated heterocycles. The average Bonchev–Trinajstić information content (AvgIpc) is 3.18. The Labute approximate surface area is 234 Å². The van der Waals surface area contributed by atoms with E-state index >= 15 is 0 Å². The number of nitrogens with zero attached hydrogens (tertiary/aromatic N) is 3. The second-order valence-electron chi connectivity index (χ2n) is 10.5. The van der Waals surface area contributed by atoms with Crippen molar-refractivity contribution in [3.63, 3.8) is 0 Å². The molecule has 0 saturated carbocycles. The minimum Gasteiger partial charge on any atom is -0.497 e. The Hall–Kier alpha value is -3.22. The molecule has 0 radical (unpaired) electrons. The molecule has 5 nitrogen and oxygen atoms in total. The number of methoxy groups -OCH3 is 1. The Bertz CT molecular complexity index is 1420. The fraction of sp³-hybridized carbons (Fsp3) is 0.290. The van der Waals surface area contributed by atoms with Crippen LogP contribution in [0.15, 0.2) is 76.6 Å². The molecule has 0 aromatic heterocycles. The van der Waals surface area contributed by atoms with E-state index < -0.39 is 0 Å². The number of carbonyl (C=O) groups excluding carboxylic acids is 1. The summed E-state index contributed by atoms with van der Waals surface area (Å²) in [4.78, 5) is 23.2. The third-order valence-electron chi connectivity index (χ3n) is 7.41. The molecular formula is C31H32ClN3O2S. The molecule has 196 valence electrons. The molecule has 3 aromatic rings. The molecule has 1 atom stereocenters. The summed E-state index contributed by atoms with van der Waals surface area (Å²) in [7, 11) is 3.77. The van der Waals surface area contributed by atoms with E-state index in [0.717, 1.165) is 34.7 Å². The van der Waals surface area contributed by atoms with Crippen LogP contribution < -0.4 is 9.64 Å². The second kappa shape index (κ2) is 10.5. The number of rotatable bonds is 5. The van der Waals surface area contributed by atoms with Gasteiger partial charge in [-0.15, -0.1) is 0 Å². The number of halogens is 1. The SMILES string of the molecule is COc1ccc(CN2C(=O)/C(=C\c3cc4c(cc3Cl)N(C)C(C)(C)CC4C)SC2=Nc2ccccc2)cc1. The smallest absolute Gasteiger partial charge is 0.267 e. The summed E-state index contributed by atoms with van der Waals surface area (Å²) >= 11 is 8.19. The van der Waals surface area contributed by atoms with E-state index in [9.17, 15) is 4.79 Å². The predicted molar refractivity (Wildman–Crippen MR) is 160 cm³/mol. The molecule has 2 heterocycles. The molecule has 0 spiro atoms. The first-order valence-electron chi connectivity index (χ1n) is 12.7. The standard InChI is InChI=1S/C31H32ClN3O2S/c1-20-18-31(2,3)34(4)27-17-26(32)22(15-25(20)27)16-28-29(36)35(19-21-11-13-24(37-5)14-12-21)30(38-28)33-23-9-7-6-8-10-23/h6-17,20H,18-19H2,1-5H3/b28-16+,33-30?. The third-order valence-corrected chi connectivity index (χ3v) is 8.74. The van der Waals surface area contributed by atoms with Gasteiger partial charge in [0.25, 0.3) is 5.91 Å². The Morgan fingerprint density at radius 3 is 2.53 bits per heavy atom. The lowest BCUT2D eigenvalue weighted by Crippen LogP contribution is -2.45. The van der Waals surface area contributed by atoms with Gasteiger partial charge < -0.3 is 9.64 Å². The molecule has 1 unspecified atom stereocenters. The minimum absolute atomic E-state index is 0.0533. The van der Waals surface area contributed by atoms with Gasteiger partial charge in [0.05, 0.1) is 24.2 Å². The Kier molecular flexibility index (Phi) is 7.30. The first-order chi connectivity index (χ1) is 18.2. The lowest BCUT2D eigenvalue weighted by atomic mass is 9.80. The van der Waals surface area contributed by atoms with E-state index in [0.29, 0.717) is 27.6 Å². The normalized spacial score (nSPS) is 20.8. The van der Waals surface area contributed by atoms with E-state index in [1.807, 2.05) is 66.7 Å². The number of hydrogen-bond acceptors (Lipinski definition) is 5. The zero-order valence-electron chi connectivity index (χ0n) is 22.4. The first-order valence-corrected chi connectivity index (χ1v) is 13.9. The van der Waals surface area contributed by atoms with E-state index in [1.54, 1.807) is 12.0 Å². The van der Waals surface area contributed by atoms with Crippen molar-refractivity contribution in [2.75, 3.05) is 19.1 Å². The van der Waals surface area contributed by atoms with Crippen LogP contribution in [-0.4, -0.2) is 35.7 Å². The number of anilines is 1. The summed E-state index contributed by atoms with van der Waals surface area (Å²) in [6, 6.07) is 21.6. The summed E-state index contributed by atoms with van der Waals surface area (Å²) < 4.78 is 5.29. The molecule has 7 heteroatoms. The van der Waals surface area contributed by atoms with Crippen LogP contribution in [0.1, 0.15) is 49.8 Å². The fourth-order valence-electron chi connectivity index (χ4n) is 5.11. The number of hydrogen-bond donors (Lipinski definition) is 0. The zero-order chi connectivity index (χ0) is 27.0. The zero-order valence-corrected chi connectivity index (χ0v) is 23.9. The van der Waals surface area contributed by atoms with Crippen molar-refractivity contribution in [2.45, 2.75) is 45.2 Å². The summed E-state index contributed by atoms with van der Waals surface area (Å²) in [6.07, 6.45) is 2.96. The molecule has 1 fully saturated rings. The third kappa shape index (κ3) is 5.20. The summed E-state index contributed by atoms with van der Waals surface area (Å²) in [6.45, 7) is 7.19.